The summed E-state index contributed by atoms with van der Waals surface area (Å²) in [5.74, 6) is 0.614. The zero-order valence-electron chi connectivity index (χ0n) is 9.77. The molecule has 6 heteroatoms. The van der Waals surface area contributed by atoms with E-state index in [2.05, 4.69) is 21.2 Å². The first-order chi connectivity index (χ1) is 8.41. The van der Waals surface area contributed by atoms with Gasteiger partial charge in [-0.05, 0) is 30.3 Å². The highest BCUT2D eigenvalue weighted by Gasteiger charge is 2.39. The predicted molar refractivity (Wildman–Crippen MR) is 65.9 cm³/mol. The Bertz CT molecular complexity index is 448. The van der Waals surface area contributed by atoms with Crippen molar-refractivity contribution < 1.29 is 17.9 Å². The van der Waals surface area contributed by atoms with E-state index in [1.165, 1.54) is 7.05 Å². The van der Waals surface area contributed by atoms with E-state index in [1.54, 1.807) is 6.07 Å². The van der Waals surface area contributed by atoms with Crippen molar-refractivity contribution in [1.29, 1.82) is 0 Å². The van der Waals surface area contributed by atoms with Crippen LogP contribution in [0.25, 0.3) is 0 Å². The number of nitrogens with one attached hydrogen (secondary N) is 1. The lowest BCUT2D eigenvalue weighted by Gasteiger charge is -2.20. The van der Waals surface area contributed by atoms with Crippen molar-refractivity contribution in [1.82, 2.24) is 5.32 Å². The third kappa shape index (κ3) is 2.80. The molecule has 1 N–H and O–H groups in total. The summed E-state index contributed by atoms with van der Waals surface area (Å²) in [6.45, 7) is 0.537. The molecule has 0 saturated carbocycles. The zero-order valence-corrected chi connectivity index (χ0v) is 11.4. The van der Waals surface area contributed by atoms with Crippen molar-refractivity contribution >= 4 is 15.9 Å². The monoisotopic (exact) mass is 323 g/mol. The smallest absolute Gasteiger partial charge is 0.404 e. The highest BCUT2D eigenvalue weighted by Crippen LogP contribution is 2.35. The van der Waals surface area contributed by atoms with Crippen LogP contribution >= 0.6 is 15.9 Å². The van der Waals surface area contributed by atoms with Gasteiger partial charge >= 0.3 is 6.18 Å². The van der Waals surface area contributed by atoms with Gasteiger partial charge in [0.1, 0.15) is 11.8 Å². The van der Waals surface area contributed by atoms with Crippen molar-refractivity contribution in [2.75, 3.05) is 13.7 Å². The molecule has 1 heterocycles. The molecule has 1 aromatic rings. The molecule has 0 spiro atoms. The number of hydrogen-bond acceptors (Lipinski definition) is 2. The highest BCUT2D eigenvalue weighted by atomic mass is 79.9. The average molecular weight is 324 g/mol. The van der Waals surface area contributed by atoms with Crippen LogP contribution in [0.2, 0.25) is 0 Å². The number of likely N-dealkylation sites (N-methyl/N-ethyl adjacent to an activating group) is 1. The zero-order chi connectivity index (χ0) is 13.3. The summed E-state index contributed by atoms with van der Waals surface area (Å²) in [6.07, 6.45) is -3.64. The minimum Gasteiger partial charge on any atom is -0.493 e. The summed E-state index contributed by atoms with van der Waals surface area (Å²) < 4.78 is 44.4. The van der Waals surface area contributed by atoms with Gasteiger partial charge in [0.25, 0.3) is 0 Å². The van der Waals surface area contributed by atoms with E-state index in [-0.39, 0.29) is 6.42 Å². The molecule has 0 aliphatic carbocycles. The van der Waals surface area contributed by atoms with E-state index in [1.807, 2.05) is 6.07 Å². The molecule has 2 nitrogen and oxygen atoms in total. The Balaban J connectivity index is 2.29. The molecule has 18 heavy (non-hydrogen) atoms. The highest BCUT2D eigenvalue weighted by molar-refractivity contribution is 9.10. The predicted octanol–water partition coefficient (Wildman–Crippen LogP) is 3.08. The van der Waals surface area contributed by atoms with E-state index < -0.39 is 12.2 Å². The van der Waals surface area contributed by atoms with Crippen LogP contribution in [-0.2, 0) is 12.8 Å². The molecule has 2 rings (SSSR count). The Hall–Kier alpha value is -0.750. The molecular weight excluding hydrogens is 311 g/mol. The number of ether oxygens (including phenoxy) is 1. The molecule has 0 aromatic heterocycles. The van der Waals surface area contributed by atoms with Crippen molar-refractivity contribution in [2.24, 2.45) is 0 Å². The Morgan fingerprint density at radius 3 is 2.78 bits per heavy atom. The normalized spacial score (nSPS) is 16.3. The molecule has 0 radical (unpaired) electrons. The van der Waals surface area contributed by atoms with Gasteiger partial charge in [-0.3, -0.25) is 0 Å². The van der Waals surface area contributed by atoms with Crippen LogP contribution in [0.5, 0.6) is 5.75 Å². The van der Waals surface area contributed by atoms with Gasteiger partial charge in [-0.1, -0.05) is 15.9 Å². The molecule has 0 fully saturated rings. The Kier molecular flexibility index (Phi) is 3.87. The number of benzene rings is 1. The number of hydrogen-bond donors (Lipinski definition) is 1. The standard InChI is InChI=1S/C12H13BrF3NO/c1-17-10(12(14,15)16)6-8-5-9(13)4-7-2-3-18-11(7)8/h4-5,10,17H,2-3,6H2,1H3. The van der Waals surface area contributed by atoms with E-state index >= 15 is 0 Å². The van der Waals surface area contributed by atoms with Crippen molar-refractivity contribution in [3.8, 4) is 5.75 Å². The fourth-order valence-corrected chi connectivity index (χ4v) is 2.65. The lowest BCUT2D eigenvalue weighted by Crippen LogP contribution is -2.41. The van der Waals surface area contributed by atoms with Crippen LogP contribution in [0.15, 0.2) is 16.6 Å². The first-order valence-corrected chi connectivity index (χ1v) is 6.39. The summed E-state index contributed by atoms with van der Waals surface area (Å²) >= 11 is 3.32. The second-order valence-electron chi connectivity index (χ2n) is 4.24. The van der Waals surface area contributed by atoms with Crippen LogP contribution in [0.3, 0.4) is 0 Å². The second kappa shape index (κ2) is 5.09. The molecule has 1 aliphatic rings. The summed E-state index contributed by atoms with van der Waals surface area (Å²) in [5.41, 5.74) is 1.56. The number of alkyl halides is 3. The number of halogens is 4. The summed E-state index contributed by atoms with van der Waals surface area (Å²) in [5, 5.41) is 2.31. The summed E-state index contributed by atoms with van der Waals surface area (Å²) in [6, 6.07) is 2.04. The molecule has 0 saturated heterocycles. The Morgan fingerprint density at radius 1 is 1.44 bits per heavy atom. The van der Waals surface area contributed by atoms with Gasteiger partial charge in [0.15, 0.2) is 0 Å². The maximum Gasteiger partial charge on any atom is 0.404 e. The molecule has 0 amide bonds. The molecule has 1 aliphatic heterocycles. The van der Waals surface area contributed by atoms with Crippen LogP contribution in [0, 0.1) is 0 Å². The number of rotatable bonds is 3. The van der Waals surface area contributed by atoms with Crippen molar-refractivity contribution in [3.63, 3.8) is 0 Å². The fourth-order valence-electron chi connectivity index (χ4n) is 2.10. The molecule has 1 atom stereocenters. The largest absolute Gasteiger partial charge is 0.493 e. The first kappa shape index (κ1) is 13.7. The lowest BCUT2D eigenvalue weighted by atomic mass is 10.0. The maximum absolute atomic E-state index is 12.7. The summed E-state index contributed by atoms with van der Waals surface area (Å²) in [7, 11) is 1.32. The van der Waals surface area contributed by atoms with E-state index in [0.717, 1.165) is 16.5 Å². The average Bonchev–Trinajstić information content (AvgIpc) is 2.71. The van der Waals surface area contributed by atoms with Gasteiger partial charge in [-0.15, -0.1) is 0 Å². The van der Waals surface area contributed by atoms with Gasteiger partial charge in [0.2, 0.25) is 0 Å². The third-order valence-corrected chi connectivity index (χ3v) is 3.45. The summed E-state index contributed by atoms with van der Waals surface area (Å²) in [4.78, 5) is 0. The second-order valence-corrected chi connectivity index (χ2v) is 5.15. The molecule has 1 aromatic carbocycles. The van der Waals surface area contributed by atoms with Gasteiger partial charge in [-0.2, -0.15) is 13.2 Å². The number of fused-ring (bicyclic) bond motifs is 1. The first-order valence-electron chi connectivity index (χ1n) is 5.60. The Morgan fingerprint density at radius 2 is 2.17 bits per heavy atom. The van der Waals surface area contributed by atoms with Crippen LogP contribution in [-0.4, -0.2) is 25.9 Å². The Labute approximate surface area is 112 Å². The van der Waals surface area contributed by atoms with Crippen LogP contribution in [0.4, 0.5) is 13.2 Å². The quantitative estimate of drug-likeness (QED) is 0.923. The van der Waals surface area contributed by atoms with Crippen molar-refractivity contribution in [3.05, 3.63) is 27.7 Å². The van der Waals surface area contributed by atoms with Gasteiger partial charge < -0.3 is 10.1 Å². The lowest BCUT2D eigenvalue weighted by molar-refractivity contribution is -0.154. The SMILES string of the molecule is CNC(Cc1cc(Br)cc2c1OCC2)C(F)(F)F. The van der Waals surface area contributed by atoms with Gasteiger partial charge in [0, 0.05) is 17.3 Å². The van der Waals surface area contributed by atoms with Gasteiger partial charge in [0.05, 0.1) is 6.61 Å². The minimum atomic E-state index is -4.26. The van der Waals surface area contributed by atoms with Crippen LogP contribution < -0.4 is 10.1 Å². The van der Waals surface area contributed by atoms with Gasteiger partial charge in [-0.25, -0.2) is 0 Å². The maximum atomic E-state index is 12.7. The fraction of sp³-hybridized carbons (Fsp3) is 0.500. The molecule has 1 unspecified atom stereocenters. The minimum absolute atomic E-state index is 0.123. The topological polar surface area (TPSA) is 21.3 Å². The molecule has 0 bridgehead atoms. The molecular formula is C12H13BrF3NO. The van der Waals surface area contributed by atoms with E-state index in [9.17, 15) is 13.2 Å². The van der Waals surface area contributed by atoms with E-state index in [0.29, 0.717) is 17.9 Å². The van der Waals surface area contributed by atoms with Crippen LogP contribution in [0.1, 0.15) is 11.1 Å². The van der Waals surface area contributed by atoms with E-state index in [4.69, 9.17) is 4.74 Å². The van der Waals surface area contributed by atoms with Crippen molar-refractivity contribution in [2.45, 2.75) is 25.1 Å². The molecule has 100 valence electrons. The third-order valence-electron chi connectivity index (χ3n) is 2.99.